The van der Waals surface area contributed by atoms with Crippen LogP contribution in [-0.2, 0) is 0 Å². The van der Waals surface area contributed by atoms with Crippen LogP contribution in [0.2, 0.25) is 0 Å². The van der Waals surface area contributed by atoms with Crippen molar-refractivity contribution in [1.82, 2.24) is 10.2 Å². The fourth-order valence-corrected chi connectivity index (χ4v) is 2.14. The summed E-state index contributed by atoms with van der Waals surface area (Å²) in [6, 6.07) is 11.9. The highest BCUT2D eigenvalue weighted by Crippen LogP contribution is 2.27. The molecule has 0 amide bonds. The van der Waals surface area contributed by atoms with Crippen molar-refractivity contribution in [1.29, 1.82) is 0 Å². The third-order valence-electron chi connectivity index (χ3n) is 3.07. The molecule has 0 aliphatic heterocycles. The first-order valence-electron chi connectivity index (χ1n) is 5.91. The van der Waals surface area contributed by atoms with Crippen LogP contribution in [0.15, 0.2) is 47.3 Å². The van der Waals surface area contributed by atoms with Gasteiger partial charge in [0.1, 0.15) is 11.5 Å². The Labute approximate surface area is 108 Å². The van der Waals surface area contributed by atoms with Crippen LogP contribution in [0.1, 0.15) is 5.56 Å². The van der Waals surface area contributed by atoms with Crippen LogP contribution < -0.4 is 5.56 Å². The molecule has 3 aromatic rings. The molecule has 0 radical (unpaired) electrons. The van der Waals surface area contributed by atoms with Gasteiger partial charge in [0.15, 0.2) is 0 Å². The van der Waals surface area contributed by atoms with E-state index in [0.717, 1.165) is 5.56 Å². The monoisotopic (exact) mass is 254 g/mol. The zero-order valence-electron chi connectivity index (χ0n) is 10.3. The van der Waals surface area contributed by atoms with Gasteiger partial charge in [0.25, 0.3) is 5.56 Å². The van der Waals surface area contributed by atoms with Gasteiger partial charge < -0.3 is 0 Å². The van der Waals surface area contributed by atoms with Crippen LogP contribution in [0.4, 0.5) is 4.39 Å². The minimum absolute atomic E-state index is 0.271. The average Bonchev–Trinajstić information content (AvgIpc) is 2.43. The van der Waals surface area contributed by atoms with E-state index < -0.39 is 0 Å². The second-order valence-corrected chi connectivity index (χ2v) is 4.43. The molecule has 0 saturated heterocycles. The number of H-pyrrole nitrogens is 1. The zero-order valence-corrected chi connectivity index (χ0v) is 10.3. The fraction of sp³-hybridized carbons (Fsp3) is 0.0667. The Morgan fingerprint density at radius 3 is 2.63 bits per heavy atom. The van der Waals surface area contributed by atoms with Crippen molar-refractivity contribution in [2.75, 3.05) is 0 Å². The van der Waals surface area contributed by atoms with E-state index in [4.69, 9.17) is 0 Å². The Hall–Kier alpha value is -2.49. The van der Waals surface area contributed by atoms with Gasteiger partial charge in [0, 0.05) is 10.9 Å². The van der Waals surface area contributed by atoms with Crippen molar-refractivity contribution < 1.29 is 4.39 Å². The molecular formula is C15H11FN2O. The molecule has 0 saturated carbocycles. The van der Waals surface area contributed by atoms with Crippen molar-refractivity contribution in [3.63, 3.8) is 0 Å². The van der Waals surface area contributed by atoms with Crippen LogP contribution in [0.25, 0.3) is 22.0 Å². The lowest BCUT2D eigenvalue weighted by atomic mass is 10.0. The summed E-state index contributed by atoms with van der Waals surface area (Å²) in [5.41, 5.74) is 1.52. The Kier molecular flexibility index (Phi) is 2.63. The van der Waals surface area contributed by atoms with Gasteiger partial charge in [-0.1, -0.05) is 29.8 Å². The normalized spacial score (nSPS) is 10.8. The topological polar surface area (TPSA) is 45.8 Å². The van der Waals surface area contributed by atoms with Crippen molar-refractivity contribution in [2.45, 2.75) is 6.92 Å². The lowest BCUT2D eigenvalue weighted by molar-refractivity contribution is 0.630. The summed E-state index contributed by atoms with van der Waals surface area (Å²) in [4.78, 5) is 11.7. The fourth-order valence-electron chi connectivity index (χ4n) is 2.14. The molecule has 94 valence electrons. The molecule has 1 aromatic heterocycles. The Bertz CT molecular complexity index is 824. The first-order valence-corrected chi connectivity index (χ1v) is 5.91. The second kappa shape index (κ2) is 4.31. The van der Waals surface area contributed by atoms with E-state index in [1.54, 1.807) is 36.4 Å². The minimum Gasteiger partial charge on any atom is -0.267 e. The first-order chi connectivity index (χ1) is 9.16. The third kappa shape index (κ3) is 1.91. The van der Waals surface area contributed by atoms with Crippen LogP contribution in [0, 0.1) is 12.7 Å². The molecule has 1 heterocycles. The number of hydrogen-bond acceptors (Lipinski definition) is 2. The lowest BCUT2D eigenvalue weighted by Crippen LogP contribution is -2.09. The number of aromatic nitrogens is 2. The number of benzene rings is 2. The maximum absolute atomic E-state index is 14.0. The van der Waals surface area contributed by atoms with Gasteiger partial charge in [-0.25, -0.2) is 9.49 Å². The summed E-state index contributed by atoms with van der Waals surface area (Å²) in [5.74, 6) is -0.352. The molecule has 0 bridgehead atoms. The molecule has 1 N–H and O–H groups in total. The summed E-state index contributed by atoms with van der Waals surface area (Å²) in [7, 11) is 0. The van der Waals surface area contributed by atoms with Crippen LogP contribution in [0.3, 0.4) is 0 Å². The number of aromatic amines is 1. The molecular weight excluding hydrogens is 243 g/mol. The van der Waals surface area contributed by atoms with Gasteiger partial charge in [-0.05, 0) is 25.1 Å². The van der Waals surface area contributed by atoms with Gasteiger partial charge in [0.2, 0.25) is 0 Å². The van der Waals surface area contributed by atoms with Crippen LogP contribution in [0.5, 0.6) is 0 Å². The Balaban J connectivity index is 2.41. The number of hydrogen-bond donors (Lipinski definition) is 1. The maximum atomic E-state index is 14.0. The summed E-state index contributed by atoms with van der Waals surface area (Å²) in [5, 5.41) is 7.57. The standard InChI is InChI=1S/C15H11FN2O/c1-9-6-7-13(16)12(8-9)14-10-4-2-3-5-11(10)15(19)18-17-14/h2-8H,1H3,(H,18,19). The summed E-state index contributed by atoms with van der Waals surface area (Å²) in [6.45, 7) is 1.89. The van der Waals surface area contributed by atoms with Crippen molar-refractivity contribution in [3.05, 3.63) is 64.2 Å². The zero-order chi connectivity index (χ0) is 13.4. The van der Waals surface area contributed by atoms with E-state index >= 15 is 0 Å². The highest BCUT2D eigenvalue weighted by molar-refractivity contribution is 5.93. The largest absolute Gasteiger partial charge is 0.272 e. The number of nitrogens with one attached hydrogen (secondary N) is 1. The van der Waals surface area contributed by atoms with Gasteiger partial charge in [0.05, 0.1) is 5.39 Å². The van der Waals surface area contributed by atoms with Gasteiger partial charge >= 0.3 is 0 Å². The van der Waals surface area contributed by atoms with Gasteiger partial charge in [-0.2, -0.15) is 5.10 Å². The van der Waals surface area contributed by atoms with E-state index in [9.17, 15) is 9.18 Å². The molecule has 0 spiro atoms. The molecule has 3 rings (SSSR count). The molecule has 0 aliphatic carbocycles. The summed E-state index contributed by atoms with van der Waals surface area (Å²) >= 11 is 0. The predicted octanol–water partition coefficient (Wildman–Crippen LogP) is 3.04. The maximum Gasteiger partial charge on any atom is 0.272 e. The molecule has 0 fully saturated rings. The van der Waals surface area contributed by atoms with Crippen LogP contribution in [-0.4, -0.2) is 10.2 Å². The quantitative estimate of drug-likeness (QED) is 0.725. The van der Waals surface area contributed by atoms with Gasteiger partial charge in [-0.15, -0.1) is 0 Å². The smallest absolute Gasteiger partial charge is 0.267 e. The Morgan fingerprint density at radius 2 is 1.84 bits per heavy atom. The van der Waals surface area contributed by atoms with E-state index in [0.29, 0.717) is 22.0 Å². The highest BCUT2D eigenvalue weighted by atomic mass is 19.1. The predicted molar refractivity (Wildman–Crippen MR) is 72.5 cm³/mol. The molecule has 3 nitrogen and oxygen atoms in total. The summed E-state index contributed by atoms with van der Waals surface area (Å²) in [6.07, 6.45) is 0. The highest BCUT2D eigenvalue weighted by Gasteiger charge is 2.12. The number of rotatable bonds is 1. The van der Waals surface area contributed by atoms with Crippen molar-refractivity contribution >= 4 is 10.8 Å². The molecule has 0 atom stereocenters. The van der Waals surface area contributed by atoms with E-state index in [2.05, 4.69) is 10.2 Å². The second-order valence-electron chi connectivity index (χ2n) is 4.43. The number of aryl methyl sites for hydroxylation is 1. The minimum atomic E-state index is -0.352. The van der Waals surface area contributed by atoms with Crippen molar-refractivity contribution in [3.8, 4) is 11.3 Å². The molecule has 2 aromatic carbocycles. The van der Waals surface area contributed by atoms with Crippen molar-refractivity contribution in [2.24, 2.45) is 0 Å². The van der Waals surface area contributed by atoms with E-state index in [-0.39, 0.29) is 11.4 Å². The lowest BCUT2D eigenvalue weighted by Gasteiger charge is -2.07. The van der Waals surface area contributed by atoms with E-state index in [1.807, 2.05) is 6.92 Å². The summed E-state index contributed by atoms with van der Waals surface area (Å²) < 4.78 is 14.0. The molecule has 19 heavy (non-hydrogen) atoms. The van der Waals surface area contributed by atoms with Crippen LogP contribution >= 0.6 is 0 Å². The van der Waals surface area contributed by atoms with E-state index in [1.165, 1.54) is 6.07 Å². The number of nitrogens with zero attached hydrogens (tertiary/aromatic N) is 1. The molecule has 0 unspecified atom stereocenters. The SMILES string of the molecule is Cc1ccc(F)c(-c2n[nH]c(=O)c3ccccc23)c1. The van der Waals surface area contributed by atoms with Gasteiger partial charge in [-0.3, -0.25) is 4.79 Å². The third-order valence-corrected chi connectivity index (χ3v) is 3.07. The number of halogens is 1. The molecule has 4 heteroatoms. The number of fused-ring (bicyclic) bond motifs is 1. The molecule has 0 aliphatic rings. The average molecular weight is 254 g/mol. The first kappa shape index (κ1) is 11.6. The Morgan fingerprint density at radius 1 is 1.11 bits per heavy atom.